The molecule has 0 aliphatic carbocycles. The van der Waals surface area contributed by atoms with E-state index in [2.05, 4.69) is 19.2 Å². The molecule has 2 nitrogen and oxygen atoms in total. The second-order valence-corrected chi connectivity index (χ2v) is 4.99. The molecule has 0 fully saturated rings. The van der Waals surface area contributed by atoms with Gasteiger partial charge in [0.2, 0.25) is 0 Å². The summed E-state index contributed by atoms with van der Waals surface area (Å²) in [5, 5.41) is 3.28. The van der Waals surface area contributed by atoms with E-state index in [1.807, 2.05) is 13.8 Å². The molecule has 0 saturated heterocycles. The molecule has 0 spiro atoms. The van der Waals surface area contributed by atoms with E-state index in [4.69, 9.17) is 4.74 Å². The lowest BCUT2D eigenvalue weighted by molar-refractivity contribution is 0.284. The highest BCUT2D eigenvalue weighted by molar-refractivity contribution is 5.36. The van der Waals surface area contributed by atoms with E-state index in [0.29, 0.717) is 12.5 Å². The summed E-state index contributed by atoms with van der Waals surface area (Å²) in [6.07, 6.45) is 1.01. The van der Waals surface area contributed by atoms with Gasteiger partial charge in [0.1, 0.15) is 11.6 Å². The van der Waals surface area contributed by atoms with Crippen LogP contribution in [-0.2, 0) is 0 Å². The van der Waals surface area contributed by atoms with Crippen LogP contribution in [0.15, 0.2) is 18.2 Å². The molecule has 1 aromatic carbocycles. The highest BCUT2D eigenvalue weighted by atomic mass is 19.1. The standard InChI is InChI=1S/C15H24FNO/c1-5-17-12(4)14-10-13(16)6-7-15(14)18-9-8-11(2)3/h6-7,10-12,17H,5,8-9H2,1-4H3. The van der Waals surface area contributed by atoms with E-state index in [1.54, 1.807) is 12.1 Å². The molecule has 1 aromatic rings. The minimum atomic E-state index is -0.217. The van der Waals surface area contributed by atoms with E-state index in [9.17, 15) is 4.39 Å². The molecule has 0 amide bonds. The molecule has 0 aliphatic heterocycles. The van der Waals surface area contributed by atoms with E-state index >= 15 is 0 Å². The normalized spacial score (nSPS) is 12.8. The number of ether oxygens (including phenoxy) is 1. The van der Waals surface area contributed by atoms with E-state index in [1.165, 1.54) is 6.07 Å². The summed E-state index contributed by atoms with van der Waals surface area (Å²) in [5.74, 6) is 1.18. The van der Waals surface area contributed by atoms with Crippen LogP contribution in [0.3, 0.4) is 0 Å². The smallest absolute Gasteiger partial charge is 0.124 e. The predicted octanol–water partition coefficient (Wildman–Crippen LogP) is 3.92. The van der Waals surface area contributed by atoms with Gasteiger partial charge in [-0.05, 0) is 44.0 Å². The van der Waals surface area contributed by atoms with Crippen molar-refractivity contribution in [2.45, 2.75) is 40.2 Å². The van der Waals surface area contributed by atoms with Crippen molar-refractivity contribution >= 4 is 0 Å². The fraction of sp³-hybridized carbons (Fsp3) is 0.600. The molecule has 0 heterocycles. The maximum Gasteiger partial charge on any atom is 0.124 e. The quantitative estimate of drug-likeness (QED) is 0.795. The van der Waals surface area contributed by atoms with Crippen LogP contribution in [0, 0.1) is 11.7 Å². The summed E-state index contributed by atoms with van der Waals surface area (Å²) in [5.41, 5.74) is 0.889. The molecular weight excluding hydrogens is 229 g/mol. The number of halogens is 1. The minimum absolute atomic E-state index is 0.0970. The second-order valence-electron chi connectivity index (χ2n) is 4.99. The monoisotopic (exact) mass is 253 g/mol. The van der Waals surface area contributed by atoms with Crippen molar-refractivity contribution in [3.8, 4) is 5.75 Å². The largest absolute Gasteiger partial charge is 0.493 e. The summed E-state index contributed by atoms with van der Waals surface area (Å²) in [4.78, 5) is 0. The molecule has 0 aliphatic rings. The van der Waals surface area contributed by atoms with Gasteiger partial charge in [0.05, 0.1) is 6.61 Å². The summed E-state index contributed by atoms with van der Waals surface area (Å²) < 4.78 is 19.1. The highest BCUT2D eigenvalue weighted by Gasteiger charge is 2.12. The van der Waals surface area contributed by atoms with Crippen LogP contribution < -0.4 is 10.1 Å². The second kappa shape index (κ2) is 7.37. The van der Waals surface area contributed by atoms with Gasteiger partial charge in [0.25, 0.3) is 0 Å². The van der Waals surface area contributed by atoms with Gasteiger partial charge in [0, 0.05) is 11.6 Å². The van der Waals surface area contributed by atoms with E-state index in [-0.39, 0.29) is 11.9 Å². The van der Waals surface area contributed by atoms with Gasteiger partial charge in [-0.25, -0.2) is 4.39 Å². The molecule has 1 N–H and O–H groups in total. The third kappa shape index (κ3) is 4.65. The molecular formula is C15H24FNO. The third-order valence-electron chi connectivity index (χ3n) is 2.90. The van der Waals surface area contributed by atoms with Crippen molar-refractivity contribution in [2.24, 2.45) is 5.92 Å². The number of hydrogen-bond donors (Lipinski definition) is 1. The van der Waals surface area contributed by atoms with Crippen LogP contribution in [0.5, 0.6) is 5.75 Å². The average molecular weight is 253 g/mol. The first kappa shape index (κ1) is 15.0. The Bertz CT molecular complexity index is 366. The number of rotatable bonds is 7. The Labute approximate surface area is 110 Å². The fourth-order valence-corrected chi connectivity index (χ4v) is 1.81. The minimum Gasteiger partial charge on any atom is -0.493 e. The molecule has 0 saturated carbocycles. The topological polar surface area (TPSA) is 21.3 Å². The van der Waals surface area contributed by atoms with Crippen molar-refractivity contribution in [3.63, 3.8) is 0 Å². The van der Waals surface area contributed by atoms with Gasteiger partial charge < -0.3 is 10.1 Å². The Balaban J connectivity index is 2.76. The van der Waals surface area contributed by atoms with E-state index < -0.39 is 0 Å². The first-order chi connectivity index (χ1) is 8.54. The Morgan fingerprint density at radius 1 is 1.28 bits per heavy atom. The maximum atomic E-state index is 13.3. The summed E-state index contributed by atoms with van der Waals surface area (Å²) in [7, 11) is 0. The molecule has 1 unspecified atom stereocenters. The third-order valence-corrected chi connectivity index (χ3v) is 2.90. The van der Waals surface area contributed by atoms with Gasteiger partial charge in [0.15, 0.2) is 0 Å². The fourth-order valence-electron chi connectivity index (χ4n) is 1.81. The molecule has 1 atom stereocenters. The molecule has 0 aromatic heterocycles. The SMILES string of the molecule is CCNC(C)c1cc(F)ccc1OCCC(C)C. The lowest BCUT2D eigenvalue weighted by Crippen LogP contribution is -2.19. The zero-order valence-corrected chi connectivity index (χ0v) is 11.8. The summed E-state index contributed by atoms with van der Waals surface area (Å²) in [6.45, 7) is 9.91. The first-order valence-electron chi connectivity index (χ1n) is 6.70. The van der Waals surface area contributed by atoms with Crippen molar-refractivity contribution < 1.29 is 9.13 Å². The molecule has 102 valence electrons. The molecule has 3 heteroatoms. The van der Waals surface area contributed by atoms with Crippen LogP contribution in [0.2, 0.25) is 0 Å². The Hall–Kier alpha value is -1.09. The van der Waals surface area contributed by atoms with Crippen LogP contribution in [-0.4, -0.2) is 13.2 Å². The maximum absolute atomic E-state index is 13.3. The van der Waals surface area contributed by atoms with Crippen molar-refractivity contribution in [3.05, 3.63) is 29.6 Å². The lowest BCUT2D eigenvalue weighted by Gasteiger charge is -2.18. The van der Waals surface area contributed by atoms with Gasteiger partial charge in [-0.1, -0.05) is 20.8 Å². The lowest BCUT2D eigenvalue weighted by atomic mass is 10.1. The van der Waals surface area contributed by atoms with Gasteiger partial charge in [-0.15, -0.1) is 0 Å². The Morgan fingerprint density at radius 3 is 2.61 bits per heavy atom. The van der Waals surface area contributed by atoms with Crippen LogP contribution in [0.4, 0.5) is 4.39 Å². The highest BCUT2D eigenvalue weighted by Crippen LogP contribution is 2.26. The van der Waals surface area contributed by atoms with Gasteiger partial charge in [-0.2, -0.15) is 0 Å². The van der Waals surface area contributed by atoms with Crippen LogP contribution in [0.1, 0.15) is 45.7 Å². The van der Waals surface area contributed by atoms with E-state index in [0.717, 1.165) is 24.3 Å². The summed E-state index contributed by atoms with van der Waals surface area (Å²) in [6, 6.07) is 4.82. The number of benzene rings is 1. The molecule has 0 bridgehead atoms. The zero-order chi connectivity index (χ0) is 13.5. The molecule has 0 radical (unpaired) electrons. The van der Waals surface area contributed by atoms with Crippen LogP contribution >= 0.6 is 0 Å². The van der Waals surface area contributed by atoms with Crippen LogP contribution in [0.25, 0.3) is 0 Å². The predicted molar refractivity (Wildman–Crippen MR) is 73.4 cm³/mol. The van der Waals surface area contributed by atoms with Crippen molar-refractivity contribution in [1.29, 1.82) is 0 Å². The number of nitrogens with one attached hydrogen (secondary N) is 1. The Morgan fingerprint density at radius 2 is 2.00 bits per heavy atom. The Kier molecular flexibility index (Phi) is 6.13. The summed E-state index contributed by atoms with van der Waals surface area (Å²) >= 11 is 0. The van der Waals surface area contributed by atoms with Gasteiger partial charge in [-0.3, -0.25) is 0 Å². The van der Waals surface area contributed by atoms with Crippen molar-refractivity contribution in [1.82, 2.24) is 5.32 Å². The molecule has 1 rings (SSSR count). The first-order valence-corrected chi connectivity index (χ1v) is 6.70. The number of hydrogen-bond acceptors (Lipinski definition) is 2. The van der Waals surface area contributed by atoms with Crippen molar-refractivity contribution in [2.75, 3.05) is 13.2 Å². The average Bonchev–Trinajstić information content (AvgIpc) is 2.31. The van der Waals surface area contributed by atoms with Gasteiger partial charge >= 0.3 is 0 Å². The molecule has 18 heavy (non-hydrogen) atoms. The zero-order valence-electron chi connectivity index (χ0n) is 11.8.